The first-order valence-electron chi connectivity index (χ1n) is 7.63. The maximum absolute atomic E-state index is 6.13. The van der Waals surface area contributed by atoms with Gasteiger partial charge in [0.15, 0.2) is 0 Å². The highest BCUT2D eigenvalue weighted by Gasteiger charge is 2.45. The highest BCUT2D eigenvalue weighted by Crippen LogP contribution is 2.53. The number of furan rings is 1. The Morgan fingerprint density at radius 2 is 1.64 bits per heavy atom. The van der Waals surface area contributed by atoms with Crippen molar-refractivity contribution in [3.63, 3.8) is 0 Å². The van der Waals surface area contributed by atoms with Crippen LogP contribution in [0.2, 0.25) is 0 Å². The molecule has 3 heteroatoms. The van der Waals surface area contributed by atoms with Gasteiger partial charge in [-0.05, 0) is 44.5 Å². The maximum atomic E-state index is 6.13. The van der Waals surface area contributed by atoms with E-state index in [-0.39, 0.29) is 5.66 Å². The number of fused-ring (bicyclic) bond motifs is 3. The summed E-state index contributed by atoms with van der Waals surface area (Å²) in [5.74, 6) is 0.939. The molecule has 0 aliphatic carbocycles. The molecule has 0 spiro atoms. The lowest BCUT2D eigenvalue weighted by molar-refractivity contribution is 0.489. The van der Waals surface area contributed by atoms with E-state index in [1.54, 1.807) is 0 Å². The first kappa shape index (κ1) is 13.3. The molecular formula is C19H20N2O. The number of anilines is 3. The molecule has 0 atom stereocenters. The van der Waals surface area contributed by atoms with E-state index in [4.69, 9.17) is 4.42 Å². The van der Waals surface area contributed by atoms with Crippen molar-refractivity contribution in [1.82, 2.24) is 0 Å². The molecule has 0 amide bonds. The lowest BCUT2D eigenvalue weighted by Crippen LogP contribution is -2.49. The molecule has 2 aromatic carbocycles. The van der Waals surface area contributed by atoms with Gasteiger partial charge in [-0.15, -0.1) is 0 Å². The molecule has 2 heterocycles. The van der Waals surface area contributed by atoms with Crippen LogP contribution in [0.1, 0.15) is 19.4 Å². The van der Waals surface area contributed by atoms with E-state index in [0.717, 1.165) is 22.5 Å². The van der Waals surface area contributed by atoms with Gasteiger partial charge in [-0.1, -0.05) is 30.3 Å². The van der Waals surface area contributed by atoms with Crippen molar-refractivity contribution in [3.05, 3.63) is 54.1 Å². The Bertz CT molecular complexity index is 863. The van der Waals surface area contributed by atoms with Crippen LogP contribution in [0.25, 0.3) is 11.0 Å². The summed E-state index contributed by atoms with van der Waals surface area (Å²) in [5, 5.41) is 1.16. The summed E-state index contributed by atoms with van der Waals surface area (Å²) in [4.78, 5) is 4.61. The standard InChI is InChI=1S/C19H20N2O/c1-13-9-5-7-11-15(13)21-17-14-10-6-8-12-16(14)22-18(17)20(4)19(21,2)3/h5-12H,1-4H3. The van der Waals surface area contributed by atoms with E-state index in [0.29, 0.717) is 0 Å². The van der Waals surface area contributed by atoms with Crippen molar-refractivity contribution < 1.29 is 4.42 Å². The maximum Gasteiger partial charge on any atom is 0.222 e. The molecule has 1 aliphatic rings. The van der Waals surface area contributed by atoms with Crippen LogP contribution in [0.3, 0.4) is 0 Å². The molecule has 0 bridgehead atoms. The van der Waals surface area contributed by atoms with Crippen molar-refractivity contribution in [2.75, 3.05) is 16.8 Å². The molecule has 0 fully saturated rings. The minimum atomic E-state index is -0.176. The Kier molecular flexibility index (Phi) is 2.59. The predicted octanol–water partition coefficient (Wildman–Crippen LogP) is 5.07. The summed E-state index contributed by atoms with van der Waals surface area (Å²) < 4.78 is 6.13. The van der Waals surface area contributed by atoms with Gasteiger partial charge in [-0.25, -0.2) is 0 Å². The van der Waals surface area contributed by atoms with Gasteiger partial charge in [0.05, 0.1) is 0 Å². The second kappa shape index (κ2) is 4.29. The monoisotopic (exact) mass is 292 g/mol. The van der Waals surface area contributed by atoms with Crippen molar-refractivity contribution in [2.24, 2.45) is 0 Å². The zero-order valence-electron chi connectivity index (χ0n) is 13.4. The van der Waals surface area contributed by atoms with Gasteiger partial charge in [0, 0.05) is 18.1 Å². The van der Waals surface area contributed by atoms with Crippen molar-refractivity contribution in [2.45, 2.75) is 26.4 Å². The Morgan fingerprint density at radius 3 is 2.41 bits per heavy atom. The number of benzene rings is 2. The number of hydrogen-bond donors (Lipinski definition) is 0. The molecule has 112 valence electrons. The molecule has 0 radical (unpaired) electrons. The van der Waals surface area contributed by atoms with Crippen LogP contribution in [0.15, 0.2) is 52.9 Å². The van der Waals surface area contributed by atoms with Gasteiger partial charge < -0.3 is 14.2 Å². The lowest BCUT2D eigenvalue weighted by Gasteiger charge is -2.39. The van der Waals surface area contributed by atoms with E-state index >= 15 is 0 Å². The zero-order chi connectivity index (χ0) is 15.5. The van der Waals surface area contributed by atoms with Crippen molar-refractivity contribution >= 4 is 28.2 Å². The number of aryl methyl sites for hydroxylation is 1. The van der Waals surface area contributed by atoms with Crippen LogP contribution in [0, 0.1) is 6.92 Å². The molecule has 0 saturated heterocycles. The normalized spacial score (nSPS) is 16.4. The fourth-order valence-electron chi connectivity index (χ4n) is 3.36. The summed E-state index contributed by atoms with van der Waals surface area (Å²) in [5.41, 5.74) is 4.42. The summed E-state index contributed by atoms with van der Waals surface area (Å²) in [6, 6.07) is 16.8. The van der Waals surface area contributed by atoms with Gasteiger partial charge in [0.2, 0.25) is 5.88 Å². The summed E-state index contributed by atoms with van der Waals surface area (Å²) in [7, 11) is 2.10. The zero-order valence-corrected chi connectivity index (χ0v) is 13.4. The Hall–Kier alpha value is -2.42. The second-order valence-corrected chi connectivity index (χ2v) is 6.43. The van der Waals surface area contributed by atoms with Gasteiger partial charge >= 0.3 is 0 Å². The molecule has 4 rings (SSSR count). The Labute approximate surface area is 130 Å². The largest absolute Gasteiger partial charge is 0.438 e. The summed E-state index contributed by atoms with van der Waals surface area (Å²) in [6.45, 7) is 6.61. The third kappa shape index (κ3) is 1.56. The van der Waals surface area contributed by atoms with Crippen LogP contribution in [0.4, 0.5) is 17.3 Å². The number of rotatable bonds is 1. The minimum absolute atomic E-state index is 0.176. The molecule has 3 nitrogen and oxygen atoms in total. The Balaban J connectivity index is 2.05. The quantitative estimate of drug-likeness (QED) is 0.624. The van der Waals surface area contributed by atoms with E-state index in [1.165, 1.54) is 11.3 Å². The highest BCUT2D eigenvalue weighted by atomic mass is 16.4. The first-order valence-corrected chi connectivity index (χ1v) is 7.63. The number of nitrogens with zero attached hydrogens (tertiary/aromatic N) is 2. The van der Waals surface area contributed by atoms with Gasteiger partial charge in [0.1, 0.15) is 16.9 Å². The van der Waals surface area contributed by atoms with Gasteiger partial charge in [0.25, 0.3) is 0 Å². The van der Waals surface area contributed by atoms with Crippen LogP contribution in [-0.4, -0.2) is 12.7 Å². The van der Waals surface area contributed by atoms with E-state index in [1.807, 2.05) is 12.1 Å². The topological polar surface area (TPSA) is 19.6 Å². The van der Waals surface area contributed by atoms with Crippen molar-refractivity contribution in [3.8, 4) is 0 Å². The smallest absolute Gasteiger partial charge is 0.222 e. The van der Waals surface area contributed by atoms with Crippen LogP contribution >= 0.6 is 0 Å². The van der Waals surface area contributed by atoms with Crippen LogP contribution < -0.4 is 9.80 Å². The Morgan fingerprint density at radius 1 is 0.955 bits per heavy atom. The lowest BCUT2D eigenvalue weighted by atomic mass is 10.1. The fourth-order valence-corrected chi connectivity index (χ4v) is 3.36. The average Bonchev–Trinajstić information content (AvgIpc) is 2.95. The highest BCUT2D eigenvalue weighted by molar-refractivity contribution is 6.03. The predicted molar refractivity (Wildman–Crippen MR) is 92.0 cm³/mol. The molecule has 3 aromatic rings. The van der Waals surface area contributed by atoms with Gasteiger partial charge in [-0.2, -0.15) is 0 Å². The third-order valence-corrected chi connectivity index (χ3v) is 4.80. The average molecular weight is 292 g/mol. The minimum Gasteiger partial charge on any atom is -0.438 e. The van der Waals surface area contributed by atoms with E-state index in [2.05, 4.69) is 74.0 Å². The van der Waals surface area contributed by atoms with Crippen molar-refractivity contribution in [1.29, 1.82) is 0 Å². The third-order valence-electron chi connectivity index (χ3n) is 4.80. The van der Waals surface area contributed by atoms with Crippen LogP contribution in [-0.2, 0) is 0 Å². The van der Waals surface area contributed by atoms with E-state index in [9.17, 15) is 0 Å². The fraction of sp³-hybridized carbons (Fsp3) is 0.263. The summed E-state index contributed by atoms with van der Waals surface area (Å²) >= 11 is 0. The molecule has 22 heavy (non-hydrogen) atoms. The molecule has 0 unspecified atom stereocenters. The SMILES string of the molecule is Cc1ccccc1N1c2c(oc3ccccc23)N(C)C1(C)C. The molecule has 0 saturated carbocycles. The molecule has 1 aliphatic heterocycles. The summed E-state index contributed by atoms with van der Waals surface area (Å²) in [6.07, 6.45) is 0. The second-order valence-electron chi connectivity index (χ2n) is 6.43. The number of para-hydroxylation sites is 2. The number of hydrogen-bond acceptors (Lipinski definition) is 3. The molecular weight excluding hydrogens is 272 g/mol. The van der Waals surface area contributed by atoms with E-state index < -0.39 is 0 Å². The first-order chi connectivity index (χ1) is 10.5. The van der Waals surface area contributed by atoms with Crippen LogP contribution in [0.5, 0.6) is 0 Å². The van der Waals surface area contributed by atoms with Gasteiger partial charge in [-0.3, -0.25) is 0 Å². The molecule has 0 N–H and O–H groups in total. The molecule has 1 aromatic heterocycles.